The molecule has 67 heavy (non-hydrogen) atoms. The Bertz CT molecular complexity index is 4040. The number of nitrogens with zero attached hydrogens (tertiary/aromatic N) is 4. The lowest BCUT2D eigenvalue weighted by Gasteiger charge is -2.15. The van der Waals surface area contributed by atoms with Crippen LogP contribution < -0.4 is 0 Å². The van der Waals surface area contributed by atoms with Crippen LogP contribution in [0.15, 0.2) is 243 Å². The molecule has 11 aromatic carbocycles. The third-order valence-electron chi connectivity index (χ3n) is 13.2. The second-order valence-corrected chi connectivity index (χ2v) is 17.2. The Morgan fingerprint density at radius 1 is 0.254 bits per heavy atom. The van der Waals surface area contributed by atoms with Gasteiger partial charge in [0.1, 0.15) is 0 Å². The molecule has 0 unspecified atom stereocenters. The Hall–Kier alpha value is -8.99. The highest BCUT2D eigenvalue weighted by atomic mass is 15.0. The predicted molar refractivity (Wildman–Crippen MR) is 279 cm³/mol. The predicted octanol–water partition coefficient (Wildman–Crippen LogP) is 16.4. The average Bonchev–Trinajstić information content (AvgIpc) is 3.74. The number of hydrogen-bond acceptors (Lipinski definition) is 3. The van der Waals surface area contributed by atoms with Crippen LogP contribution in [0.1, 0.15) is 0 Å². The first-order valence-corrected chi connectivity index (χ1v) is 22.8. The standard InChI is InChI=1S/C63H40N4/c1-3-17-41(18-4-1)50-27-11-12-31-55(50)63-65-61(64-62(66-63)48-34-36-59-57(40-48)53-30-13-14-32-58(53)67(59)49-25-5-2-6-26-49)47-24-16-22-44(38-47)43-21-15-23-46(37-43)60-52-29-10-8-20-45(52)39-56-51-28-9-7-19-42(51)33-35-54(56)60/h1-40H. The van der Waals surface area contributed by atoms with Gasteiger partial charge in [-0.25, -0.2) is 15.0 Å². The topological polar surface area (TPSA) is 43.6 Å². The first-order chi connectivity index (χ1) is 33.2. The molecule has 0 bridgehead atoms. The Kier molecular flexibility index (Phi) is 9.14. The Balaban J connectivity index is 0.976. The van der Waals surface area contributed by atoms with Gasteiger partial charge in [-0.2, -0.15) is 0 Å². The maximum atomic E-state index is 5.32. The van der Waals surface area contributed by atoms with Crippen molar-refractivity contribution in [3.63, 3.8) is 0 Å². The summed E-state index contributed by atoms with van der Waals surface area (Å²) in [6.45, 7) is 0. The average molecular weight is 853 g/mol. The molecule has 0 fully saturated rings. The van der Waals surface area contributed by atoms with E-state index in [9.17, 15) is 0 Å². The number of fused-ring (bicyclic) bond motifs is 7. The highest BCUT2D eigenvalue weighted by molar-refractivity contribution is 6.20. The van der Waals surface area contributed by atoms with Gasteiger partial charge in [-0.1, -0.05) is 188 Å². The largest absolute Gasteiger partial charge is 0.309 e. The molecule has 0 aliphatic rings. The lowest BCUT2D eigenvalue weighted by atomic mass is 9.89. The molecule has 0 atom stereocenters. The third kappa shape index (κ3) is 6.65. The van der Waals surface area contributed by atoms with Crippen molar-refractivity contribution >= 4 is 54.1 Å². The Morgan fingerprint density at radius 2 is 0.806 bits per heavy atom. The van der Waals surface area contributed by atoms with Gasteiger partial charge >= 0.3 is 0 Å². The summed E-state index contributed by atoms with van der Waals surface area (Å²) in [7, 11) is 0. The summed E-state index contributed by atoms with van der Waals surface area (Å²) < 4.78 is 2.33. The van der Waals surface area contributed by atoms with E-state index >= 15 is 0 Å². The zero-order chi connectivity index (χ0) is 44.3. The smallest absolute Gasteiger partial charge is 0.164 e. The molecule has 0 aliphatic heterocycles. The molecule has 312 valence electrons. The fourth-order valence-corrected chi connectivity index (χ4v) is 10.1. The molecular weight excluding hydrogens is 813 g/mol. The molecule has 13 rings (SSSR count). The van der Waals surface area contributed by atoms with Crippen LogP contribution in [0.5, 0.6) is 0 Å². The fraction of sp³-hybridized carbons (Fsp3) is 0. The van der Waals surface area contributed by atoms with Crippen LogP contribution in [0.2, 0.25) is 0 Å². The summed E-state index contributed by atoms with van der Waals surface area (Å²) in [4.78, 5) is 15.9. The van der Waals surface area contributed by atoms with E-state index in [1.165, 1.54) is 48.8 Å². The minimum atomic E-state index is 0.611. The van der Waals surface area contributed by atoms with Crippen molar-refractivity contribution in [3.8, 4) is 73.2 Å². The van der Waals surface area contributed by atoms with Crippen LogP contribution in [0.4, 0.5) is 0 Å². The zero-order valence-corrected chi connectivity index (χ0v) is 36.4. The van der Waals surface area contributed by atoms with E-state index in [0.29, 0.717) is 17.5 Å². The second kappa shape index (κ2) is 15.9. The fourth-order valence-electron chi connectivity index (χ4n) is 10.1. The van der Waals surface area contributed by atoms with Gasteiger partial charge in [0.25, 0.3) is 0 Å². The lowest BCUT2D eigenvalue weighted by Crippen LogP contribution is -2.01. The van der Waals surface area contributed by atoms with Crippen LogP contribution in [-0.4, -0.2) is 19.5 Å². The monoisotopic (exact) mass is 852 g/mol. The molecule has 0 N–H and O–H groups in total. The molecule has 0 aliphatic carbocycles. The summed E-state index contributed by atoms with van der Waals surface area (Å²) in [5.41, 5.74) is 12.9. The molecule has 0 saturated heterocycles. The van der Waals surface area contributed by atoms with E-state index in [4.69, 9.17) is 15.0 Å². The molecular formula is C63H40N4. The maximum Gasteiger partial charge on any atom is 0.164 e. The van der Waals surface area contributed by atoms with Crippen molar-refractivity contribution in [3.05, 3.63) is 243 Å². The van der Waals surface area contributed by atoms with Crippen molar-refractivity contribution in [2.24, 2.45) is 0 Å². The van der Waals surface area contributed by atoms with Gasteiger partial charge < -0.3 is 4.57 Å². The number of rotatable bonds is 7. The molecule has 0 amide bonds. The van der Waals surface area contributed by atoms with E-state index in [1.807, 2.05) is 6.07 Å². The zero-order valence-electron chi connectivity index (χ0n) is 36.4. The van der Waals surface area contributed by atoms with Crippen molar-refractivity contribution in [2.75, 3.05) is 0 Å². The van der Waals surface area contributed by atoms with Gasteiger partial charge in [0.05, 0.1) is 11.0 Å². The summed E-state index contributed by atoms with van der Waals surface area (Å²) in [5, 5.41) is 9.78. The maximum absolute atomic E-state index is 5.32. The molecule has 0 radical (unpaired) electrons. The van der Waals surface area contributed by atoms with E-state index in [0.717, 1.165) is 61.1 Å². The molecule has 0 spiro atoms. The highest BCUT2D eigenvalue weighted by Gasteiger charge is 2.19. The second-order valence-electron chi connectivity index (χ2n) is 17.2. The van der Waals surface area contributed by atoms with Gasteiger partial charge in [-0.05, 0) is 120 Å². The molecule has 4 nitrogen and oxygen atoms in total. The van der Waals surface area contributed by atoms with Gasteiger partial charge in [-0.3, -0.25) is 0 Å². The van der Waals surface area contributed by atoms with Gasteiger partial charge in [0.15, 0.2) is 17.5 Å². The summed E-state index contributed by atoms with van der Waals surface area (Å²) in [6, 6.07) is 86.5. The molecule has 2 heterocycles. The molecule has 4 heteroatoms. The number of hydrogen-bond donors (Lipinski definition) is 0. The van der Waals surface area contributed by atoms with E-state index in [2.05, 4.69) is 241 Å². The molecule has 2 aromatic heterocycles. The normalized spacial score (nSPS) is 11.6. The quantitative estimate of drug-likeness (QED) is 0.118. The number of benzene rings is 11. The van der Waals surface area contributed by atoms with Crippen LogP contribution in [0, 0.1) is 0 Å². The Morgan fingerprint density at radius 3 is 1.60 bits per heavy atom. The SMILES string of the molecule is c1ccc(-c2ccccc2-c2nc(-c3cccc(-c4cccc(-c5c6ccccc6cc6c5ccc5ccccc56)c4)c3)nc(-c3ccc4c(c3)c3ccccc3n4-c3ccccc3)n2)cc1. The van der Waals surface area contributed by atoms with E-state index < -0.39 is 0 Å². The highest BCUT2D eigenvalue weighted by Crippen LogP contribution is 2.41. The van der Waals surface area contributed by atoms with E-state index in [-0.39, 0.29) is 0 Å². The summed E-state index contributed by atoms with van der Waals surface area (Å²) >= 11 is 0. The van der Waals surface area contributed by atoms with Crippen LogP contribution in [-0.2, 0) is 0 Å². The number of aromatic nitrogens is 4. The number of para-hydroxylation sites is 2. The molecule has 0 saturated carbocycles. The van der Waals surface area contributed by atoms with Gasteiger partial charge in [0.2, 0.25) is 0 Å². The van der Waals surface area contributed by atoms with Crippen molar-refractivity contribution < 1.29 is 0 Å². The van der Waals surface area contributed by atoms with Crippen molar-refractivity contribution in [2.45, 2.75) is 0 Å². The van der Waals surface area contributed by atoms with Crippen molar-refractivity contribution in [1.29, 1.82) is 0 Å². The van der Waals surface area contributed by atoms with Gasteiger partial charge in [0, 0.05) is 33.2 Å². The van der Waals surface area contributed by atoms with Gasteiger partial charge in [-0.15, -0.1) is 0 Å². The molecule has 13 aromatic rings. The minimum absolute atomic E-state index is 0.611. The minimum Gasteiger partial charge on any atom is -0.309 e. The summed E-state index contributed by atoms with van der Waals surface area (Å²) in [6.07, 6.45) is 0. The first kappa shape index (κ1) is 38.5. The Labute approximate surface area is 387 Å². The summed E-state index contributed by atoms with van der Waals surface area (Å²) in [5.74, 6) is 1.85. The first-order valence-electron chi connectivity index (χ1n) is 22.8. The van der Waals surface area contributed by atoms with Crippen molar-refractivity contribution in [1.82, 2.24) is 19.5 Å². The van der Waals surface area contributed by atoms with Crippen LogP contribution >= 0.6 is 0 Å². The van der Waals surface area contributed by atoms with E-state index in [1.54, 1.807) is 0 Å². The van der Waals surface area contributed by atoms with Crippen LogP contribution in [0.25, 0.3) is 127 Å². The third-order valence-corrected chi connectivity index (χ3v) is 13.2. The lowest BCUT2D eigenvalue weighted by molar-refractivity contribution is 1.07. The van der Waals surface area contributed by atoms with Crippen LogP contribution in [0.3, 0.4) is 0 Å².